The minimum atomic E-state index is 0.0874. The van der Waals surface area contributed by atoms with Crippen molar-refractivity contribution in [1.29, 1.82) is 0 Å². The van der Waals surface area contributed by atoms with Gasteiger partial charge in [0.25, 0.3) is 0 Å². The second kappa shape index (κ2) is 8.48. The van der Waals surface area contributed by atoms with Crippen molar-refractivity contribution in [3.05, 3.63) is 71.9 Å². The Bertz CT molecular complexity index is 819. The molecule has 0 spiro atoms. The van der Waals surface area contributed by atoms with Crippen LogP contribution in [-0.2, 0) is 13.2 Å². The molecule has 1 aromatic heterocycles. The molecule has 0 bridgehead atoms. The second-order valence-electron chi connectivity index (χ2n) is 5.34. The molecule has 0 saturated carbocycles. The third-order valence-corrected chi connectivity index (χ3v) is 4.74. The molecule has 2 aromatic carbocycles. The number of hydrogen-bond donors (Lipinski definition) is 0. The fourth-order valence-corrected chi connectivity index (χ4v) is 3.32. The minimum absolute atomic E-state index is 0.0874. The Labute approximate surface area is 151 Å². The summed E-state index contributed by atoms with van der Waals surface area (Å²) in [6.07, 6.45) is 0. The van der Waals surface area contributed by atoms with Crippen molar-refractivity contribution in [2.45, 2.75) is 25.1 Å². The highest BCUT2D eigenvalue weighted by molar-refractivity contribution is 8.00. The molecule has 0 radical (unpaired) electrons. The molecule has 0 N–H and O–H groups in total. The van der Waals surface area contributed by atoms with Gasteiger partial charge in [-0.3, -0.25) is 4.79 Å². The van der Waals surface area contributed by atoms with Crippen LogP contribution in [0.1, 0.15) is 23.0 Å². The highest BCUT2D eigenvalue weighted by atomic mass is 32.2. The largest absolute Gasteiger partial charge is 0.487 e. The fraction of sp³-hybridized carbons (Fsp3) is 0.211. The zero-order valence-corrected chi connectivity index (χ0v) is 14.8. The lowest BCUT2D eigenvalue weighted by Crippen LogP contribution is -2.06. The molecule has 0 aliphatic rings. The maximum atomic E-state index is 12.3. The van der Waals surface area contributed by atoms with Gasteiger partial charge < -0.3 is 4.74 Å². The van der Waals surface area contributed by atoms with E-state index in [-0.39, 0.29) is 5.78 Å². The van der Waals surface area contributed by atoms with Crippen LogP contribution in [0.4, 0.5) is 0 Å². The van der Waals surface area contributed by atoms with Gasteiger partial charge in [-0.05, 0) is 19.1 Å². The Morgan fingerprint density at radius 2 is 1.76 bits per heavy atom. The number of nitrogens with zero attached hydrogens (tertiary/aromatic N) is 3. The Balaban J connectivity index is 1.67. The van der Waals surface area contributed by atoms with Crippen molar-refractivity contribution < 1.29 is 9.53 Å². The monoisotopic (exact) mass is 353 g/mol. The number of aromatic nitrogens is 3. The molecule has 0 amide bonds. The number of hydrogen-bond acceptors (Lipinski definition) is 5. The van der Waals surface area contributed by atoms with Crippen LogP contribution in [0, 0.1) is 0 Å². The number of carbonyl (C=O) groups is 1. The lowest BCUT2D eigenvalue weighted by molar-refractivity contribution is 0.102. The lowest BCUT2D eigenvalue weighted by atomic mass is 10.2. The van der Waals surface area contributed by atoms with E-state index in [0.717, 1.165) is 16.5 Å². The summed E-state index contributed by atoms with van der Waals surface area (Å²) in [6, 6.07) is 18.9. The van der Waals surface area contributed by atoms with E-state index in [0.29, 0.717) is 24.5 Å². The normalized spacial score (nSPS) is 10.6. The molecule has 128 valence electrons. The average Bonchev–Trinajstić information content (AvgIpc) is 3.08. The van der Waals surface area contributed by atoms with Crippen LogP contribution >= 0.6 is 11.8 Å². The first kappa shape index (κ1) is 17.2. The molecule has 0 aliphatic carbocycles. The molecule has 0 atom stereocenters. The number of benzene rings is 2. The molecule has 0 saturated heterocycles. The van der Waals surface area contributed by atoms with Gasteiger partial charge in [0, 0.05) is 12.1 Å². The number of thioether (sulfide) groups is 1. The van der Waals surface area contributed by atoms with Crippen LogP contribution in [0.2, 0.25) is 0 Å². The molecule has 0 aliphatic heterocycles. The van der Waals surface area contributed by atoms with Gasteiger partial charge >= 0.3 is 0 Å². The fourth-order valence-electron chi connectivity index (χ4n) is 2.31. The number of Topliss-reactive ketones (excluding diaryl/α,β-unsaturated/α-hetero) is 1. The number of ketones is 1. The third-order valence-electron chi connectivity index (χ3n) is 3.61. The third kappa shape index (κ3) is 4.48. The van der Waals surface area contributed by atoms with E-state index in [4.69, 9.17) is 4.74 Å². The van der Waals surface area contributed by atoms with Crippen molar-refractivity contribution in [1.82, 2.24) is 15.0 Å². The van der Waals surface area contributed by atoms with E-state index in [2.05, 4.69) is 10.3 Å². The highest BCUT2D eigenvalue weighted by Crippen LogP contribution is 2.23. The Hall–Kier alpha value is -2.60. The summed E-state index contributed by atoms with van der Waals surface area (Å²) in [5.74, 6) is 1.21. The van der Waals surface area contributed by atoms with Crippen LogP contribution in [0.5, 0.6) is 5.75 Å². The zero-order valence-electron chi connectivity index (χ0n) is 14.0. The molecule has 3 rings (SSSR count). The highest BCUT2D eigenvalue weighted by Gasteiger charge is 2.16. The predicted octanol–water partition coefficient (Wildman–Crippen LogP) is 3.85. The van der Waals surface area contributed by atoms with E-state index in [1.807, 2.05) is 67.6 Å². The van der Waals surface area contributed by atoms with Crippen molar-refractivity contribution in [3.63, 3.8) is 0 Å². The topological polar surface area (TPSA) is 57.0 Å². The van der Waals surface area contributed by atoms with Gasteiger partial charge in [0.2, 0.25) is 0 Å². The molecular formula is C19H19N3O2S. The Kier molecular flexibility index (Phi) is 5.85. The number of para-hydroxylation sites is 1. The van der Waals surface area contributed by atoms with Crippen molar-refractivity contribution in [2.75, 3.05) is 5.75 Å². The molecule has 6 heteroatoms. The summed E-state index contributed by atoms with van der Waals surface area (Å²) in [7, 11) is 0. The molecule has 3 aromatic rings. The molecule has 1 heterocycles. The van der Waals surface area contributed by atoms with Gasteiger partial charge in [0.15, 0.2) is 5.78 Å². The van der Waals surface area contributed by atoms with E-state index in [1.54, 1.807) is 4.68 Å². The second-order valence-corrected chi connectivity index (χ2v) is 6.30. The summed E-state index contributed by atoms with van der Waals surface area (Å²) in [6.45, 7) is 3.02. The van der Waals surface area contributed by atoms with Crippen LogP contribution in [0.25, 0.3) is 0 Å². The number of carbonyl (C=O) groups excluding carboxylic acids is 1. The predicted molar refractivity (Wildman–Crippen MR) is 98.0 cm³/mol. The van der Waals surface area contributed by atoms with Crippen LogP contribution in [0.15, 0.2) is 65.7 Å². The summed E-state index contributed by atoms with van der Waals surface area (Å²) >= 11 is 1.45. The van der Waals surface area contributed by atoms with E-state index >= 15 is 0 Å². The first-order valence-electron chi connectivity index (χ1n) is 8.09. The number of rotatable bonds is 8. The maximum absolute atomic E-state index is 12.3. The first-order valence-corrected chi connectivity index (χ1v) is 9.07. The molecule has 5 nitrogen and oxygen atoms in total. The first-order chi connectivity index (χ1) is 12.3. The number of aryl methyl sites for hydroxylation is 1. The molecular weight excluding hydrogens is 334 g/mol. The smallest absolute Gasteiger partial charge is 0.173 e. The van der Waals surface area contributed by atoms with Crippen LogP contribution in [-0.4, -0.2) is 26.5 Å². The quantitative estimate of drug-likeness (QED) is 0.455. The SMILES string of the molecule is CCn1nnc(COc2ccccc2)c1SCC(=O)c1ccccc1. The number of ether oxygens (including phenoxy) is 1. The van der Waals surface area contributed by atoms with E-state index in [1.165, 1.54) is 11.8 Å². The van der Waals surface area contributed by atoms with Crippen molar-refractivity contribution >= 4 is 17.5 Å². The van der Waals surface area contributed by atoms with Crippen molar-refractivity contribution in [2.24, 2.45) is 0 Å². The summed E-state index contributed by atoms with van der Waals surface area (Å²) in [4.78, 5) is 12.3. The standard InChI is InChI=1S/C19H19N3O2S/c1-2-22-19(25-14-18(23)15-9-5-3-6-10-15)17(20-21-22)13-24-16-11-7-4-8-12-16/h3-12H,2,13-14H2,1H3. The van der Waals surface area contributed by atoms with Crippen LogP contribution < -0.4 is 4.74 Å². The molecule has 0 unspecified atom stereocenters. The van der Waals surface area contributed by atoms with Gasteiger partial charge in [-0.1, -0.05) is 65.5 Å². The molecule has 0 fully saturated rings. The van der Waals surface area contributed by atoms with E-state index < -0.39 is 0 Å². The van der Waals surface area contributed by atoms with Crippen LogP contribution in [0.3, 0.4) is 0 Å². The zero-order chi connectivity index (χ0) is 17.5. The maximum Gasteiger partial charge on any atom is 0.173 e. The van der Waals surface area contributed by atoms with Gasteiger partial charge in [-0.25, -0.2) is 4.68 Å². The molecule has 25 heavy (non-hydrogen) atoms. The van der Waals surface area contributed by atoms with E-state index in [9.17, 15) is 4.79 Å². The minimum Gasteiger partial charge on any atom is -0.487 e. The average molecular weight is 353 g/mol. The van der Waals surface area contributed by atoms with Gasteiger partial charge in [0.1, 0.15) is 23.1 Å². The van der Waals surface area contributed by atoms with Gasteiger partial charge in [0.05, 0.1) is 5.75 Å². The lowest BCUT2D eigenvalue weighted by Gasteiger charge is -2.07. The van der Waals surface area contributed by atoms with Crippen molar-refractivity contribution in [3.8, 4) is 5.75 Å². The Morgan fingerprint density at radius 3 is 2.44 bits per heavy atom. The van der Waals surface area contributed by atoms with Gasteiger partial charge in [-0.2, -0.15) is 0 Å². The summed E-state index contributed by atoms with van der Waals surface area (Å²) in [5, 5.41) is 9.24. The Morgan fingerprint density at radius 1 is 1.08 bits per heavy atom. The summed E-state index contributed by atoms with van der Waals surface area (Å²) < 4.78 is 7.57. The summed E-state index contributed by atoms with van der Waals surface area (Å²) in [5.41, 5.74) is 1.46. The van der Waals surface area contributed by atoms with Gasteiger partial charge in [-0.15, -0.1) is 5.10 Å².